The van der Waals surface area contributed by atoms with Crippen LogP contribution >= 0.6 is 0 Å². The third-order valence-electron chi connectivity index (χ3n) is 3.91. The first-order valence-electron chi connectivity index (χ1n) is 6.99. The van der Waals surface area contributed by atoms with Crippen molar-refractivity contribution in [3.8, 4) is 0 Å². The summed E-state index contributed by atoms with van der Waals surface area (Å²) in [7, 11) is 0. The topological polar surface area (TPSA) is 124 Å². The fourth-order valence-corrected chi connectivity index (χ4v) is 2.60. The fourth-order valence-electron chi connectivity index (χ4n) is 2.60. The van der Waals surface area contributed by atoms with E-state index in [9.17, 15) is 14.4 Å². The Hall–Kier alpha value is -2.15. The van der Waals surface area contributed by atoms with Crippen molar-refractivity contribution in [2.75, 3.05) is 6.54 Å². The molecule has 0 aromatic rings. The molecule has 1 heterocycles. The molecule has 0 radical (unpaired) electrons. The number of nitrogens with one attached hydrogen (secondary N) is 1. The number of allylic oxidation sites excluding steroid dienone is 2. The van der Waals surface area contributed by atoms with Crippen molar-refractivity contribution in [2.24, 2.45) is 17.8 Å². The molecule has 7 heteroatoms. The molecule has 1 aliphatic heterocycles. The van der Waals surface area contributed by atoms with Gasteiger partial charge in [-0.1, -0.05) is 23.8 Å². The third-order valence-corrected chi connectivity index (χ3v) is 3.91. The number of hydrogen-bond acceptors (Lipinski definition) is 4. The Kier molecular flexibility index (Phi) is 6.30. The van der Waals surface area contributed by atoms with E-state index < -0.39 is 35.8 Å². The van der Waals surface area contributed by atoms with Crippen LogP contribution in [0.4, 0.5) is 0 Å². The van der Waals surface area contributed by atoms with E-state index in [1.807, 2.05) is 0 Å². The Labute approximate surface area is 128 Å². The van der Waals surface area contributed by atoms with Crippen molar-refractivity contribution in [3.05, 3.63) is 23.8 Å². The third kappa shape index (κ3) is 4.70. The van der Waals surface area contributed by atoms with E-state index in [1.165, 1.54) is 6.08 Å². The van der Waals surface area contributed by atoms with Gasteiger partial charge in [0.1, 0.15) is 6.04 Å². The molecule has 1 rings (SSSR count). The second kappa shape index (κ2) is 7.74. The first-order valence-corrected chi connectivity index (χ1v) is 6.99. The summed E-state index contributed by atoms with van der Waals surface area (Å²) < 4.78 is 0. The van der Waals surface area contributed by atoms with Gasteiger partial charge in [0, 0.05) is 12.5 Å². The summed E-state index contributed by atoms with van der Waals surface area (Å²) in [6.07, 6.45) is 4.62. The molecule has 22 heavy (non-hydrogen) atoms. The summed E-state index contributed by atoms with van der Waals surface area (Å²) in [5, 5.41) is 29.7. The molecule has 7 nitrogen and oxygen atoms in total. The minimum absolute atomic E-state index is 0.206. The van der Waals surface area contributed by atoms with Crippen molar-refractivity contribution in [1.82, 2.24) is 5.32 Å². The molecule has 0 aliphatic carbocycles. The lowest BCUT2D eigenvalue weighted by Crippen LogP contribution is -2.36. The Morgan fingerprint density at radius 1 is 1.27 bits per heavy atom. The number of aliphatic carboxylic acids is 3. The number of rotatable bonds is 7. The monoisotopic (exact) mass is 311 g/mol. The summed E-state index contributed by atoms with van der Waals surface area (Å²) in [5.41, 5.74) is 0.830. The zero-order valence-corrected chi connectivity index (χ0v) is 12.5. The fraction of sp³-hybridized carbons (Fsp3) is 0.533. The molecule has 4 atom stereocenters. The van der Waals surface area contributed by atoms with Crippen LogP contribution in [0.3, 0.4) is 0 Å². The minimum Gasteiger partial charge on any atom is -0.481 e. The van der Waals surface area contributed by atoms with Crippen molar-refractivity contribution >= 4 is 17.9 Å². The van der Waals surface area contributed by atoms with Gasteiger partial charge in [-0.25, -0.2) is 0 Å². The van der Waals surface area contributed by atoms with E-state index in [-0.39, 0.29) is 12.3 Å². The standard InChI is InChI=1S/C15H21NO6/c1-8(4-3-5-9(2)14(19)20)11-7-16-13(15(21)22)10(11)6-12(17)18/h3-5,9-11,13,16H,6-7H2,1-2H3,(H,17,18)(H,19,20)(H,21,22)/t9?,10?,11?,13-/m0/s1. The predicted molar refractivity (Wildman–Crippen MR) is 78.4 cm³/mol. The van der Waals surface area contributed by atoms with Gasteiger partial charge in [0.25, 0.3) is 0 Å². The van der Waals surface area contributed by atoms with E-state index in [2.05, 4.69) is 5.32 Å². The van der Waals surface area contributed by atoms with Crippen LogP contribution in [0.2, 0.25) is 0 Å². The summed E-state index contributed by atoms with van der Waals surface area (Å²) in [6.45, 7) is 3.73. The molecular weight excluding hydrogens is 290 g/mol. The van der Waals surface area contributed by atoms with Gasteiger partial charge in [-0.2, -0.15) is 0 Å². The summed E-state index contributed by atoms with van der Waals surface area (Å²) in [4.78, 5) is 32.8. The molecule has 1 saturated heterocycles. The van der Waals surface area contributed by atoms with Crippen molar-refractivity contribution < 1.29 is 29.7 Å². The second-order valence-electron chi connectivity index (χ2n) is 5.51. The lowest BCUT2D eigenvalue weighted by molar-refractivity contribution is -0.142. The van der Waals surface area contributed by atoms with Crippen molar-refractivity contribution in [2.45, 2.75) is 26.3 Å². The summed E-state index contributed by atoms with van der Waals surface area (Å²) in [5.74, 6) is -4.38. The molecule has 1 aliphatic rings. The predicted octanol–water partition coefficient (Wildman–Crippen LogP) is 0.973. The second-order valence-corrected chi connectivity index (χ2v) is 5.51. The van der Waals surface area contributed by atoms with E-state index >= 15 is 0 Å². The van der Waals surface area contributed by atoms with Crippen LogP contribution in [0.25, 0.3) is 0 Å². The largest absolute Gasteiger partial charge is 0.481 e. The zero-order valence-electron chi connectivity index (χ0n) is 12.5. The van der Waals surface area contributed by atoms with Crippen LogP contribution in [-0.4, -0.2) is 45.8 Å². The minimum atomic E-state index is -1.06. The molecule has 0 amide bonds. The van der Waals surface area contributed by atoms with Crippen LogP contribution in [-0.2, 0) is 14.4 Å². The van der Waals surface area contributed by atoms with Crippen molar-refractivity contribution in [3.63, 3.8) is 0 Å². The average molecular weight is 311 g/mol. The maximum Gasteiger partial charge on any atom is 0.321 e. The Bertz CT molecular complexity index is 510. The number of carboxylic acid groups (broad SMARTS) is 3. The van der Waals surface area contributed by atoms with Crippen LogP contribution in [0.15, 0.2) is 23.8 Å². The normalized spacial score (nSPS) is 27.0. The number of carboxylic acids is 3. The number of hydrogen-bond donors (Lipinski definition) is 4. The van der Waals surface area contributed by atoms with E-state index in [1.54, 1.807) is 26.0 Å². The van der Waals surface area contributed by atoms with Gasteiger partial charge in [0.05, 0.1) is 12.3 Å². The molecule has 0 spiro atoms. The zero-order chi connectivity index (χ0) is 16.9. The van der Waals surface area contributed by atoms with Crippen LogP contribution < -0.4 is 5.32 Å². The Morgan fingerprint density at radius 3 is 2.41 bits per heavy atom. The molecule has 4 N–H and O–H groups in total. The molecule has 122 valence electrons. The highest BCUT2D eigenvalue weighted by molar-refractivity contribution is 5.76. The van der Waals surface area contributed by atoms with Gasteiger partial charge in [-0.3, -0.25) is 14.4 Å². The maximum absolute atomic E-state index is 11.2. The summed E-state index contributed by atoms with van der Waals surface area (Å²) >= 11 is 0. The first kappa shape index (κ1) is 17.9. The molecule has 0 aromatic heterocycles. The number of carbonyl (C=O) groups is 3. The Balaban J connectivity index is 2.85. The SMILES string of the molecule is CC(=CC=CC(C)C(=O)O)C1CN[C@H](C(=O)O)C1CC(=O)O. The molecule has 0 bridgehead atoms. The molecular formula is C15H21NO6. The molecule has 3 unspecified atom stereocenters. The van der Waals surface area contributed by atoms with Gasteiger partial charge in [0.2, 0.25) is 0 Å². The molecule has 1 fully saturated rings. The first-order chi connectivity index (χ1) is 10.2. The van der Waals surface area contributed by atoms with Gasteiger partial charge < -0.3 is 20.6 Å². The Morgan fingerprint density at radius 2 is 1.91 bits per heavy atom. The lowest BCUT2D eigenvalue weighted by Gasteiger charge is -2.20. The molecule has 0 saturated carbocycles. The quantitative estimate of drug-likeness (QED) is 0.516. The van der Waals surface area contributed by atoms with Gasteiger partial charge in [0.15, 0.2) is 0 Å². The molecule has 0 aromatic carbocycles. The average Bonchev–Trinajstić information content (AvgIpc) is 2.81. The van der Waals surface area contributed by atoms with Crippen LogP contribution in [0, 0.1) is 17.8 Å². The smallest absolute Gasteiger partial charge is 0.321 e. The lowest BCUT2D eigenvalue weighted by atomic mass is 9.83. The van der Waals surface area contributed by atoms with Crippen LogP contribution in [0.5, 0.6) is 0 Å². The maximum atomic E-state index is 11.2. The van der Waals surface area contributed by atoms with E-state index in [0.717, 1.165) is 5.57 Å². The van der Waals surface area contributed by atoms with Gasteiger partial charge in [-0.15, -0.1) is 0 Å². The highest BCUT2D eigenvalue weighted by Gasteiger charge is 2.41. The van der Waals surface area contributed by atoms with E-state index in [0.29, 0.717) is 6.54 Å². The van der Waals surface area contributed by atoms with Crippen molar-refractivity contribution in [1.29, 1.82) is 0 Å². The summed E-state index contributed by atoms with van der Waals surface area (Å²) in [6, 6.07) is -0.883. The van der Waals surface area contributed by atoms with E-state index in [4.69, 9.17) is 15.3 Å². The highest BCUT2D eigenvalue weighted by Crippen LogP contribution is 2.31. The van der Waals surface area contributed by atoms with Crippen LogP contribution in [0.1, 0.15) is 20.3 Å². The van der Waals surface area contributed by atoms with Gasteiger partial charge >= 0.3 is 17.9 Å². The van der Waals surface area contributed by atoms with Gasteiger partial charge in [-0.05, 0) is 19.8 Å². The highest BCUT2D eigenvalue weighted by atomic mass is 16.4.